The third-order valence-electron chi connectivity index (χ3n) is 4.48. The van der Waals surface area contributed by atoms with Gasteiger partial charge in [-0.1, -0.05) is 30.7 Å². The molecular weight excluding hydrogens is 407 g/mol. The van der Waals surface area contributed by atoms with Crippen molar-refractivity contribution in [1.29, 1.82) is 0 Å². The molecule has 0 atom stereocenters. The molecule has 30 heavy (non-hydrogen) atoms. The average Bonchev–Trinajstić information content (AvgIpc) is 3.07. The van der Waals surface area contributed by atoms with E-state index in [1.165, 1.54) is 48.3 Å². The number of nitrogens with zero attached hydrogens (tertiary/aromatic N) is 2. The molecule has 8 heteroatoms. The van der Waals surface area contributed by atoms with Crippen molar-refractivity contribution in [3.8, 4) is 5.75 Å². The van der Waals surface area contributed by atoms with Gasteiger partial charge in [0, 0.05) is 0 Å². The number of thiazole rings is 1. The molecule has 1 amide bonds. The van der Waals surface area contributed by atoms with Gasteiger partial charge in [0.25, 0.3) is 5.91 Å². The first-order valence-electron chi connectivity index (χ1n) is 9.65. The lowest BCUT2D eigenvalue weighted by Gasteiger charge is -2.05. The van der Waals surface area contributed by atoms with Crippen LogP contribution in [0.4, 0.5) is 4.39 Å². The maximum absolute atomic E-state index is 13.0. The van der Waals surface area contributed by atoms with Gasteiger partial charge in [0.2, 0.25) is 0 Å². The molecule has 6 nitrogen and oxygen atoms in total. The Morgan fingerprint density at radius 2 is 1.93 bits per heavy atom. The maximum Gasteiger partial charge on any atom is 0.325 e. The molecule has 158 valence electrons. The Labute approximate surface area is 177 Å². The molecule has 0 saturated carbocycles. The minimum atomic E-state index is -0.504. The van der Waals surface area contributed by atoms with Gasteiger partial charge in [-0.3, -0.25) is 9.59 Å². The van der Waals surface area contributed by atoms with Crippen LogP contribution in [-0.2, 0) is 27.3 Å². The number of rotatable bonds is 8. The van der Waals surface area contributed by atoms with E-state index in [2.05, 4.69) is 18.0 Å². The van der Waals surface area contributed by atoms with E-state index < -0.39 is 11.9 Å². The lowest BCUT2D eigenvalue weighted by atomic mass is 10.1. The zero-order chi connectivity index (χ0) is 21.5. The second-order valence-electron chi connectivity index (χ2n) is 6.70. The number of carbonyl (C=O) groups excluding carboxylic acids is 2. The van der Waals surface area contributed by atoms with Crippen LogP contribution < -0.4 is 9.54 Å². The fourth-order valence-electron chi connectivity index (χ4n) is 2.90. The van der Waals surface area contributed by atoms with Gasteiger partial charge in [0.1, 0.15) is 18.1 Å². The number of methoxy groups -OCH3 is 1. The molecule has 0 bridgehead atoms. The largest absolute Gasteiger partial charge is 0.484 e. The highest BCUT2D eigenvalue weighted by molar-refractivity contribution is 7.16. The normalized spacial score (nSPS) is 11.6. The number of fused-ring (bicyclic) bond motifs is 1. The van der Waals surface area contributed by atoms with Gasteiger partial charge in [0.15, 0.2) is 11.4 Å². The molecule has 2 aromatic carbocycles. The second kappa shape index (κ2) is 10.2. The molecule has 0 saturated heterocycles. The van der Waals surface area contributed by atoms with Gasteiger partial charge < -0.3 is 14.0 Å². The second-order valence-corrected chi connectivity index (χ2v) is 7.71. The number of halogens is 1. The van der Waals surface area contributed by atoms with E-state index in [-0.39, 0.29) is 19.0 Å². The van der Waals surface area contributed by atoms with Crippen LogP contribution in [0.25, 0.3) is 10.2 Å². The Bertz CT molecular complexity index is 1100. The predicted octanol–water partition coefficient (Wildman–Crippen LogP) is 3.86. The molecule has 0 unspecified atom stereocenters. The highest BCUT2D eigenvalue weighted by atomic mass is 32.1. The first-order valence-corrected chi connectivity index (χ1v) is 10.5. The van der Waals surface area contributed by atoms with Crippen molar-refractivity contribution in [3.63, 3.8) is 0 Å². The van der Waals surface area contributed by atoms with Crippen molar-refractivity contribution in [2.45, 2.75) is 32.7 Å². The van der Waals surface area contributed by atoms with Crippen LogP contribution in [0.2, 0.25) is 0 Å². The van der Waals surface area contributed by atoms with E-state index >= 15 is 0 Å². The van der Waals surface area contributed by atoms with Gasteiger partial charge in [-0.25, -0.2) is 4.39 Å². The average molecular weight is 431 g/mol. The molecule has 0 radical (unpaired) electrons. The van der Waals surface area contributed by atoms with Crippen LogP contribution in [0.1, 0.15) is 25.3 Å². The molecule has 0 N–H and O–H groups in total. The van der Waals surface area contributed by atoms with Crippen molar-refractivity contribution < 1.29 is 23.5 Å². The maximum atomic E-state index is 13.0. The highest BCUT2D eigenvalue weighted by Crippen LogP contribution is 2.20. The minimum Gasteiger partial charge on any atom is -0.484 e. The number of amides is 1. The lowest BCUT2D eigenvalue weighted by molar-refractivity contribution is -0.141. The Morgan fingerprint density at radius 3 is 2.63 bits per heavy atom. The van der Waals surface area contributed by atoms with Gasteiger partial charge in [-0.05, 0) is 54.8 Å². The van der Waals surface area contributed by atoms with Crippen LogP contribution in [0.3, 0.4) is 0 Å². The molecule has 0 fully saturated rings. The topological polar surface area (TPSA) is 69.9 Å². The van der Waals surface area contributed by atoms with E-state index in [1.807, 2.05) is 12.1 Å². The summed E-state index contributed by atoms with van der Waals surface area (Å²) in [6, 6.07) is 11.4. The summed E-state index contributed by atoms with van der Waals surface area (Å²) in [7, 11) is 1.32. The standard InChI is InChI=1S/C22H23FN2O4S/c1-3-4-5-15-6-11-18-19(12-15)30-22(25(18)13-21(27)28-2)24-20(26)14-29-17-9-7-16(23)8-10-17/h6-12H,3-5,13-14H2,1-2H3. The fraction of sp³-hybridized carbons (Fsp3) is 0.318. The van der Waals surface area contributed by atoms with Crippen LogP contribution in [-0.4, -0.2) is 30.2 Å². The Hall–Kier alpha value is -3.00. The van der Waals surface area contributed by atoms with Crippen LogP contribution >= 0.6 is 11.3 Å². The van der Waals surface area contributed by atoms with Gasteiger partial charge >= 0.3 is 5.97 Å². The summed E-state index contributed by atoms with van der Waals surface area (Å²) in [5.41, 5.74) is 2.02. The molecule has 3 aromatic rings. The van der Waals surface area contributed by atoms with Crippen molar-refractivity contribution in [2.75, 3.05) is 13.7 Å². The molecule has 1 aromatic heterocycles. The van der Waals surface area contributed by atoms with Gasteiger partial charge in [0.05, 0.1) is 17.3 Å². The third-order valence-corrected chi connectivity index (χ3v) is 5.52. The molecule has 3 rings (SSSR count). The summed E-state index contributed by atoms with van der Waals surface area (Å²) in [5.74, 6) is -0.943. The minimum absolute atomic E-state index is 0.0459. The number of esters is 1. The third kappa shape index (κ3) is 5.54. The quantitative estimate of drug-likeness (QED) is 0.509. The van der Waals surface area contributed by atoms with Crippen molar-refractivity contribution in [1.82, 2.24) is 4.57 Å². The molecule has 1 heterocycles. The zero-order valence-corrected chi connectivity index (χ0v) is 17.7. The van der Waals surface area contributed by atoms with E-state index in [4.69, 9.17) is 9.47 Å². The molecule has 0 spiro atoms. The Kier molecular flexibility index (Phi) is 7.35. The predicted molar refractivity (Wildman–Crippen MR) is 113 cm³/mol. The monoisotopic (exact) mass is 430 g/mol. The summed E-state index contributed by atoms with van der Waals surface area (Å²) in [6.45, 7) is 1.81. The van der Waals surface area contributed by atoms with E-state index in [9.17, 15) is 14.0 Å². The highest BCUT2D eigenvalue weighted by Gasteiger charge is 2.13. The molecular formula is C22H23FN2O4S. The number of hydrogen-bond acceptors (Lipinski definition) is 5. The SMILES string of the molecule is CCCCc1ccc2c(c1)sc(=NC(=O)COc1ccc(F)cc1)n2CC(=O)OC. The van der Waals surface area contributed by atoms with Crippen molar-refractivity contribution in [3.05, 3.63) is 58.6 Å². The summed E-state index contributed by atoms with van der Waals surface area (Å²) >= 11 is 1.34. The number of aromatic nitrogens is 1. The van der Waals surface area contributed by atoms with E-state index in [0.717, 1.165) is 29.5 Å². The van der Waals surface area contributed by atoms with Crippen molar-refractivity contribution >= 4 is 33.4 Å². The Balaban J connectivity index is 1.88. The van der Waals surface area contributed by atoms with Crippen molar-refractivity contribution in [2.24, 2.45) is 4.99 Å². The number of ether oxygens (including phenoxy) is 2. The summed E-state index contributed by atoms with van der Waals surface area (Å²) in [4.78, 5) is 28.8. The number of hydrogen-bond donors (Lipinski definition) is 0. The number of carbonyl (C=O) groups is 2. The van der Waals surface area contributed by atoms with Crippen LogP contribution in [0, 0.1) is 5.82 Å². The lowest BCUT2D eigenvalue weighted by Crippen LogP contribution is -2.23. The first kappa shape index (κ1) is 21.7. The summed E-state index contributed by atoms with van der Waals surface area (Å²) < 4.78 is 25.7. The summed E-state index contributed by atoms with van der Waals surface area (Å²) in [5, 5.41) is 0. The summed E-state index contributed by atoms with van der Waals surface area (Å²) in [6.07, 6.45) is 3.17. The van der Waals surface area contributed by atoms with Gasteiger partial charge in [-0.2, -0.15) is 4.99 Å². The fourth-order valence-corrected chi connectivity index (χ4v) is 4.01. The van der Waals surface area contributed by atoms with Crippen LogP contribution in [0.15, 0.2) is 47.5 Å². The number of benzene rings is 2. The first-order chi connectivity index (χ1) is 14.5. The van der Waals surface area contributed by atoms with E-state index in [0.29, 0.717) is 10.6 Å². The molecule has 0 aliphatic carbocycles. The number of unbranched alkanes of at least 4 members (excludes halogenated alkanes) is 1. The van der Waals surface area contributed by atoms with Crippen LogP contribution in [0.5, 0.6) is 5.75 Å². The van der Waals surface area contributed by atoms with E-state index in [1.54, 1.807) is 4.57 Å². The molecule has 0 aliphatic heterocycles. The molecule has 0 aliphatic rings. The number of aryl methyl sites for hydroxylation is 1. The zero-order valence-electron chi connectivity index (χ0n) is 16.9. The smallest absolute Gasteiger partial charge is 0.325 e. The Morgan fingerprint density at radius 1 is 1.17 bits per heavy atom. The van der Waals surface area contributed by atoms with Gasteiger partial charge in [-0.15, -0.1) is 0 Å².